The van der Waals surface area contributed by atoms with E-state index in [1.54, 1.807) is 12.1 Å². The summed E-state index contributed by atoms with van der Waals surface area (Å²) in [5.41, 5.74) is 3.57. The van der Waals surface area contributed by atoms with Crippen molar-refractivity contribution in [3.63, 3.8) is 0 Å². The van der Waals surface area contributed by atoms with Gasteiger partial charge in [-0.25, -0.2) is 4.98 Å². The summed E-state index contributed by atoms with van der Waals surface area (Å²) in [5, 5.41) is 2.09. The second-order valence-electron chi connectivity index (χ2n) is 5.18. The van der Waals surface area contributed by atoms with E-state index in [1.807, 2.05) is 31.2 Å². The molecule has 1 aromatic heterocycles. The summed E-state index contributed by atoms with van der Waals surface area (Å²) in [7, 11) is 0. The van der Waals surface area contributed by atoms with Crippen LogP contribution in [0.4, 0.5) is 0 Å². The number of benzene rings is 2. The molecule has 2 nitrogen and oxygen atoms in total. The van der Waals surface area contributed by atoms with E-state index < -0.39 is 0 Å². The van der Waals surface area contributed by atoms with Crippen LogP contribution in [0.5, 0.6) is 0 Å². The van der Waals surface area contributed by atoms with Crippen LogP contribution in [-0.2, 0) is 6.42 Å². The van der Waals surface area contributed by atoms with Crippen molar-refractivity contribution in [3.05, 3.63) is 73.6 Å². The third-order valence-electron chi connectivity index (χ3n) is 3.50. The van der Waals surface area contributed by atoms with Gasteiger partial charge in [0.2, 0.25) is 0 Å². The summed E-state index contributed by atoms with van der Waals surface area (Å²) >= 11 is 24.4. The molecule has 118 valence electrons. The molecular weight excluding hydrogens is 374 g/mol. The normalized spacial score (nSPS) is 11.0. The van der Waals surface area contributed by atoms with Crippen LogP contribution in [-0.4, -0.2) is 9.97 Å². The molecule has 0 aliphatic rings. The van der Waals surface area contributed by atoms with Gasteiger partial charge in [0.05, 0.1) is 25.8 Å². The minimum absolute atomic E-state index is 0.504. The van der Waals surface area contributed by atoms with Gasteiger partial charge in [-0.2, -0.15) is 0 Å². The molecule has 2 aromatic carbocycles. The van der Waals surface area contributed by atoms with Gasteiger partial charge in [0.15, 0.2) is 0 Å². The lowest BCUT2D eigenvalue weighted by Gasteiger charge is -2.03. The van der Waals surface area contributed by atoms with E-state index in [-0.39, 0.29) is 0 Å². The number of hydrogen-bond acceptors (Lipinski definition) is 1. The Bertz CT molecular complexity index is 871. The predicted octanol–water partition coefficient (Wildman–Crippen LogP) is 6.59. The SMILES string of the molecule is Cc1[nH]c(Cc2ccc(Cl)c(Cl)c2)nc1-c1cccc(Cl)c1Cl. The van der Waals surface area contributed by atoms with E-state index >= 15 is 0 Å². The number of H-pyrrole nitrogens is 1. The first-order valence-electron chi connectivity index (χ1n) is 6.89. The molecule has 0 spiro atoms. The number of aromatic nitrogens is 2. The fourth-order valence-electron chi connectivity index (χ4n) is 2.40. The first-order chi connectivity index (χ1) is 11.0. The summed E-state index contributed by atoms with van der Waals surface area (Å²) in [5.74, 6) is 0.826. The average molecular weight is 386 g/mol. The molecule has 0 saturated heterocycles. The van der Waals surface area contributed by atoms with E-state index in [1.165, 1.54) is 0 Å². The van der Waals surface area contributed by atoms with Crippen LogP contribution in [0.3, 0.4) is 0 Å². The molecule has 1 N–H and O–H groups in total. The van der Waals surface area contributed by atoms with E-state index in [0.717, 1.165) is 28.3 Å². The van der Waals surface area contributed by atoms with Crippen molar-refractivity contribution in [2.75, 3.05) is 0 Å². The molecule has 0 amide bonds. The molecule has 0 aliphatic heterocycles. The summed E-state index contributed by atoms with van der Waals surface area (Å²) in [6, 6.07) is 11.1. The van der Waals surface area contributed by atoms with Crippen LogP contribution in [0.2, 0.25) is 20.1 Å². The van der Waals surface area contributed by atoms with E-state index in [4.69, 9.17) is 46.4 Å². The van der Waals surface area contributed by atoms with Gasteiger partial charge >= 0.3 is 0 Å². The van der Waals surface area contributed by atoms with Gasteiger partial charge in [0, 0.05) is 17.7 Å². The molecule has 0 aliphatic carbocycles. The molecule has 0 radical (unpaired) electrons. The number of aryl methyl sites for hydroxylation is 1. The zero-order valence-electron chi connectivity index (χ0n) is 12.1. The molecule has 0 atom stereocenters. The highest BCUT2D eigenvalue weighted by Gasteiger charge is 2.14. The number of imidazole rings is 1. The highest BCUT2D eigenvalue weighted by Crippen LogP contribution is 2.34. The number of halogens is 4. The van der Waals surface area contributed by atoms with Crippen LogP contribution in [0.25, 0.3) is 11.3 Å². The third kappa shape index (κ3) is 3.51. The number of nitrogens with one attached hydrogen (secondary N) is 1. The fraction of sp³-hybridized carbons (Fsp3) is 0.118. The molecule has 0 saturated carbocycles. The molecule has 3 aromatic rings. The van der Waals surface area contributed by atoms with E-state index in [0.29, 0.717) is 26.5 Å². The number of hydrogen-bond donors (Lipinski definition) is 1. The summed E-state index contributed by atoms with van der Waals surface area (Å²) in [4.78, 5) is 7.94. The Morgan fingerprint density at radius 2 is 1.74 bits per heavy atom. The van der Waals surface area contributed by atoms with Crippen LogP contribution in [0, 0.1) is 6.92 Å². The van der Waals surface area contributed by atoms with E-state index in [9.17, 15) is 0 Å². The Balaban J connectivity index is 1.94. The lowest BCUT2D eigenvalue weighted by Crippen LogP contribution is -1.91. The van der Waals surface area contributed by atoms with Gasteiger partial charge in [-0.3, -0.25) is 0 Å². The Morgan fingerprint density at radius 1 is 0.957 bits per heavy atom. The lowest BCUT2D eigenvalue weighted by atomic mass is 10.1. The van der Waals surface area contributed by atoms with Gasteiger partial charge in [0.25, 0.3) is 0 Å². The molecule has 1 heterocycles. The second-order valence-corrected chi connectivity index (χ2v) is 6.78. The second kappa shape index (κ2) is 6.74. The fourth-order valence-corrected chi connectivity index (χ4v) is 3.11. The highest BCUT2D eigenvalue weighted by molar-refractivity contribution is 6.43. The molecule has 6 heteroatoms. The van der Waals surface area contributed by atoms with Gasteiger partial charge in [-0.1, -0.05) is 64.6 Å². The largest absolute Gasteiger partial charge is 0.345 e. The monoisotopic (exact) mass is 384 g/mol. The number of nitrogens with zero attached hydrogens (tertiary/aromatic N) is 1. The molecule has 0 bridgehead atoms. The summed E-state index contributed by atoms with van der Waals surface area (Å²) < 4.78 is 0. The molecule has 0 fully saturated rings. The molecule has 23 heavy (non-hydrogen) atoms. The predicted molar refractivity (Wildman–Crippen MR) is 98.0 cm³/mol. The van der Waals surface area contributed by atoms with Crippen LogP contribution in [0.1, 0.15) is 17.1 Å². The standard InChI is InChI=1S/C17H12Cl4N2/c1-9-17(11-3-2-4-13(19)16(11)21)23-15(22-9)8-10-5-6-12(18)14(20)7-10/h2-7H,8H2,1H3,(H,22,23). The van der Waals surface area contributed by atoms with Crippen molar-refractivity contribution < 1.29 is 0 Å². The molecular formula is C17H12Cl4N2. The zero-order valence-corrected chi connectivity index (χ0v) is 15.2. The Morgan fingerprint density at radius 3 is 2.48 bits per heavy atom. The van der Waals surface area contributed by atoms with Gasteiger partial charge in [-0.15, -0.1) is 0 Å². The topological polar surface area (TPSA) is 28.7 Å². The zero-order chi connectivity index (χ0) is 16.6. The summed E-state index contributed by atoms with van der Waals surface area (Å²) in [6.45, 7) is 1.96. The van der Waals surface area contributed by atoms with Crippen molar-refractivity contribution in [3.8, 4) is 11.3 Å². The maximum Gasteiger partial charge on any atom is 0.111 e. The first kappa shape index (κ1) is 16.7. The maximum atomic E-state index is 6.29. The van der Waals surface area contributed by atoms with Crippen molar-refractivity contribution in [1.29, 1.82) is 0 Å². The van der Waals surface area contributed by atoms with Crippen molar-refractivity contribution in [2.24, 2.45) is 0 Å². The Kier molecular flexibility index (Phi) is 4.88. The van der Waals surface area contributed by atoms with E-state index in [2.05, 4.69) is 9.97 Å². The van der Waals surface area contributed by atoms with Gasteiger partial charge in [-0.05, 0) is 30.7 Å². The van der Waals surface area contributed by atoms with Gasteiger partial charge in [0.1, 0.15) is 5.82 Å². The number of aromatic amines is 1. The quantitative estimate of drug-likeness (QED) is 0.541. The minimum atomic E-state index is 0.504. The highest BCUT2D eigenvalue weighted by atomic mass is 35.5. The number of rotatable bonds is 3. The Hall–Kier alpha value is -1.19. The molecule has 3 rings (SSSR count). The molecule has 0 unspecified atom stereocenters. The van der Waals surface area contributed by atoms with Crippen molar-refractivity contribution in [2.45, 2.75) is 13.3 Å². The van der Waals surface area contributed by atoms with Crippen LogP contribution >= 0.6 is 46.4 Å². The Labute approximate surface area is 154 Å². The maximum absolute atomic E-state index is 6.29. The summed E-state index contributed by atoms with van der Waals surface area (Å²) in [6.07, 6.45) is 0.621. The smallest absolute Gasteiger partial charge is 0.111 e. The van der Waals surface area contributed by atoms with Gasteiger partial charge < -0.3 is 4.98 Å². The third-order valence-corrected chi connectivity index (χ3v) is 5.05. The van der Waals surface area contributed by atoms with Crippen molar-refractivity contribution in [1.82, 2.24) is 9.97 Å². The minimum Gasteiger partial charge on any atom is -0.345 e. The average Bonchev–Trinajstić information content (AvgIpc) is 2.86. The lowest BCUT2D eigenvalue weighted by molar-refractivity contribution is 1.02. The van der Waals surface area contributed by atoms with Crippen LogP contribution in [0.15, 0.2) is 36.4 Å². The van der Waals surface area contributed by atoms with Crippen molar-refractivity contribution >= 4 is 46.4 Å². The van der Waals surface area contributed by atoms with Crippen LogP contribution < -0.4 is 0 Å². The first-order valence-corrected chi connectivity index (χ1v) is 8.40.